The van der Waals surface area contributed by atoms with Crippen LogP contribution >= 0.6 is 0 Å². The fourth-order valence-electron chi connectivity index (χ4n) is 2.30. The van der Waals surface area contributed by atoms with Gasteiger partial charge < -0.3 is 10.6 Å². The highest BCUT2D eigenvalue weighted by Crippen LogP contribution is 2.28. The topological polar surface area (TPSA) is 29.3 Å². The number of halogens is 2. The van der Waals surface area contributed by atoms with Crippen molar-refractivity contribution in [3.63, 3.8) is 0 Å². The summed E-state index contributed by atoms with van der Waals surface area (Å²) in [5, 5.41) is 0. The highest BCUT2D eigenvalue weighted by Gasteiger charge is 2.15. The third kappa shape index (κ3) is 3.14. The van der Waals surface area contributed by atoms with Gasteiger partial charge in [0, 0.05) is 30.9 Å². The minimum absolute atomic E-state index is 0.275. The van der Waals surface area contributed by atoms with E-state index in [9.17, 15) is 8.78 Å². The first kappa shape index (κ1) is 14.5. The first-order valence-electron chi connectivity index (χ1n) is 6.48. The predicted octanol–water partition coefficient (Wildman–Crippen LogP) is 3.62. The molecule has 4 heteroatoms. The molecule has 0 saturated heterocycles. The maximum absolute atomic E-state index is 13.9. The van der Waals surface area contributed by atoms with Gasteiger partial charge in [0.05, 0.1) is 0 Å². The fourth-order valence-corrected chi connectivity index (χ4v) is 2.30. The van der Waals surface area contributed by atoms with Crippen molar-refractivity contribution in [3.05, 3.63) is 65.2 Å². The molecular weight excluding hydrogens is 258 g/mol. The molecule has 2 aromatic carbocycles. The van der Waals surface area contributed by atoms with E-state index in [4.69, 9.17) is 5.73 Å². The van der Waals surface area contributed by atoms with Crippen molar-refractivity contribution in [2.24, 2.45) is 5.73 Å². The molecule has 2 nitrogen and oxygen atoms in total. The number of hydrogen-bond acceptors (Lipinski definition) is 2. The van der Waals surface area contributed by atoms with Gasteiger partial charge in [-0.1, -0.05) is 18.2 Å². The van der Waals surface area contributed by atoms with E-state index in [1.165, 1.54) is 18.2 Å². The van der Waals surface area contributed by atoms with Crippen LogP contribution in [0.15, 0.2) is 42.5 Å². The summed E-state index contributed by atoms with van der Waals surface area (Å²) in [4.78, 5) is 1.87. The Kier molecular flexibility index (Phi) is 4.35. The summed E-state index contributed by atoms with van der Waals surface area (Å²) in [5.74, 6) is -0.592. The van der Waals surface area contributed by atoms with Crippen molar-refractivity contribution >= 4 is 5.69 Å². The Morgan fingerprint density at radius 3 is 2.50 bits per heavy atom. The molecule has 1 atom stereocenters. The molecule has 106 valence electrons. The molecular formula is C16H18F2N2. The SMILES string of the molecule is CC(N)c1c(F)cccc1N(C)Cc1cccc(F)c1. The number of benzene rings is 2. The van der Waals surface area contributed by atoms with Crippen LogP contribution in [0.1, 0.15) is 24.1 Å². The molecule has 2 aromatic rings. The molecule has 0 aliphatic carbocycles. The first-order chi connectivity index (χ1) is 9.49. The van der Waals surface area contributed by atoms with Gasteiger partial charge in [0.1, 0.15) is 11.6 Å². The summed E-state index contributed by atoms with van der Waals surface area (Å²) >= 11 is 0. The van der Waals surface area contributed by atoms with Crippen molar-refractivity contribution in [2.75, 3.05) is 11.9 Å². The Bertz CT molecular complexity index is 597. The van der Waals surface area contributed by atoms with E-state index in [2.05, 4.69) is 0 Å². The van der Waals surface area contributed by atoms with E-state index in [-0.39, 0.29) is 11.6 Å². The van der Waals surface area contributed by atoms with Gasteiger partial charge in [-0.2, -0.15) is 0 Å². The summed E-state index contributed by atoms with van der Waals surface area (Å²) in [7, 11) is 1.84. The zero-order chi connectivity index (χ0) is 14.7. The quantitative estimate of drug-likeness (QED) is 0.924. The molecule has 2 rings (SSSR count). The van der Waals surface area contributed by atoms with E-state index in [1.807, 2.05) is 24.1 Å². The fraction of sp³-hybridized carbons (Fsp3) is 0.250. The summed E-state index contributed by atoms with van der Waals surface area (Å²) in [6.07, 6.45) is 0. The van der Waals surface area contributed by atoms with Crippen LogP contribution in [0.3, 0.4) is 0 Å². The van der Waals surface area contributed by atoms with Crippen molar-refractivity contribution in [1.29, 1.82) is 0 Å². The van der Waals surface area contributed by atoms with Crippen molar-refractivity contribution < 1.29 is 8.78 Å². The summed E-state index contributed by atoms with van der Waals surface area (Å²) in [6.45, 7) is 2.23. The molecule has 0 aromatic heterocycles. The summed E-state index contributed by atoms with van der Waals surface area (Å²) in [5.41, 5.74) is 7.87. The Labute approximate surface area is 117 Å². The lowest BCUT2D eigenvalue weighted by Crippen LogP contribution is -2.21. The lowest BCUT2D eigenvalue weighted by Gasteiger charge is -2.24. The molecule has 0 radical (unpaired) electrons. The highest BCUT2D eigenvalue weighted by molar-refractivity contribution is 5.55. The molecule has 0 saturated carbocycles. The normalized spacial score (nSPS) is 12.2. The van der Waals surface area contributed by atoms with Crippen molar-refractivity contribution in [3.8, 4) is 0 Å². The molecule has 1 unspecified atom stereocenters. The Hall–Kier alpha value is -1.94. The van der Waals surface area contributed by atoms with Crippen LogP contribution in [-0.2, 0) is 6.54 Å². The second-order valence-corrected chi connectivity index (χ2v) is 4.95. The number of hydrogen-bond donors (Lipinski definition) is 1. The van der Waals surface area contributed by atoms with Crippen LogP contribution in [0.4, 0.5) is 14.5 Å². The highest BCUT2D eigenvalue weighted by atomic mass is 19.1. The third-order valence-corrected chi connectivity index (χ3v) is 3.21. The van der Waals surface area contributed by atoms with Crippen LogP contribution < -0.4 is 10.6 Å². The van der Waals surface area contributed by atoms with E-state index in [1.54, 1.807) is 19.1 Å². The van der Waals surface area contributed by atoms with E-state index in [0.717, 1.165) is 11.3 Å². The van der Waals surface area contributed by atoms with Gasteiger partial charge in [-0.25, -0.2) is 8.78 Å². The van der Waals surface area contributed by atoms with E-state index in [0.29, 0.717) is 12.1 Å². The maximum atomic E-state index is 13.9. The number of anilines is 1. The van der Waals surface area contributed by atoms with Crippen LogP contribution in [0.25, 0.3) is 0 Å². The average molecular weight is 276 g/mol. The van der Waals surface area contributed by atoms with Gasteiger partial charge in [-0.05, 0) is 36.8 Å². The van der Waals surface area contributed by atoms with E-state index < -0.39 is 6.04 Å². The largest absolute Gasteiger partial charge is 0.370 e. The van der Waals surface area contributed by atoms with Gasteiger partial charge in [0.25, 0.3) is 0 Å². The first-order valence-corrected chi connectivity index (χ1v) is 6.48. The van der Waals surface area contributed by atoms with Crippen LogP contribution in [0.5, 0.6) is 0 Å². The molecule has 2 N–H and O–H groups in total. The third-order valence-electron chi connectivity index (χ3n) is 3.21. The zero-order valence-electron chi connectivity index (χ0n) is 11.6. The Morgan fingerprint density at radius 1 is 1.15 bits per heavy atom. The van der Waals surface area contributed by atoms with Gasteiger partial charge in [0.15, 0.2) is 0 Å². The molecule has 0 bridgehead atoms. The van der Waals surface area contributed by atoms with Gasteiger partial charge in [-0.15, -0.1) is 0 Å². The van der Waals surface area contributed by atoms with Crippen LogP contribution in [0, 0.1) is 11.6 Å². The molecule has 0 aliphatic heterocycles. The summed E-state index contributed by atoms with van der Waals surface area (Å²) in [6, 6.07) is 10.8. The number of rotatable bonds is 4. The van der Waals surface area contributed by atoms with E-state index >= 15 is 0 Å². The van der Waals surface area contributed by atoms with Crippen molar-refractivity contribution in [1.82, 2.24) is 0 Å². The molecule has 0 spiro atoms. The molecule has 0 aliphatic rings. The second-order valence-electron chi connectivity index (χ2n) is 4.95. The standard InChI is InChI=1S/C16H18F2N2/c1-11(19)16-14(18)7-4-8-15(16)20(2)10-12-5-3-6-13(17)9-12/h3-9,11H,10,19H2,1-2H3. The summed E-state index contributed by atoms with van der Waals surface area (Å²) < 4.78 is 27.1. The molecule has 20 heavy (non-hydrogen) atoms. The second kappa shape index (κ2) is 6.01. The van der Waals surface area contributed by atoms with Gasteiger partial charge in [-0.3, -0.25) is 0 Å². The van der Waals surface area contributed by atoms with Gasteiger partial charge in [0.2, 0.25) is 0 Å². The zero-order valence-corrected chi connectivity index (χ0v) is 11.6. The van der Waals surface area contributed by atoms with Crippen LogP contribution in [0.2, 0.25) is 0 Å². The Balaban J connectivity index is 2.30. The minimum Gasteiger partial charge on any atom is -0.370 e. The minimum atomic E-state index is -0.402. The molecule has 0 amide bonds. The lowest BCUT2D eigenvalue weighted by atomic mass is 10.0. The van der Waals surface area contributed by atoms with Crippen molar-refractivity contribution in [2.45, 2.75) is 19.5 Å². The molecule has 0 fully saturated rings. The predicted molar refractivity (Wildman–Crippen MR) is 77.5 cm³/mol. The van der Waals surface area contributed by atoms with Gasteiger partial charge >= 0.3 is 0 Å². The number of nitrogens with two attached hydrogens (primary N) is 1. The maximum Gasteiger partial charge on any atom is 0.130 e. The number of nitrogens with zero attached hydrogens (tertiary/aromatic N) is 1. The lowest BCUT2D eigenvalue weighted by molar-refractivity contribution is 0.592. The smallest absolute Gasteiger partial charge is 0.130 e. The monoisotopic (exact) mass is 276 g/mol. The van der Waals surface area contributed by atoms with Crippen LogP contribution in [-0.4, -0.2) is 7.05 Å². The average Bonchev–Trinajstić information content (AvgIpc) is 2.37. The Morgan fingerprint density at radius 2 is 1.85 bits per heavy atom. The molecule has 0 heterocycles.